The van der Waals surface area contributed by atoms with Gasteiger partial charge >= 0.3 is 5.97 Å². The van der Waals surface area contributed by atoms with Crippen molar-refractivity contribution in [1.82, 2.24) is 10.2 Å². The van der Waals surface area contributed by atoms with E-state index in [0.717, 1.165) is 19.4 Å². The van der Waals surface area contributed by atoms with Crippen LogP contribution in [0.15, 0.2) is 12.1 Å². The van der Waals surface area contributed by atoms with Gasteiger partial charge in [0.2, 0.25) is 0 Å². The largest absolute Gasteiger partial charge is 0.464 e. The number of nitrogens with one attached hydrogen (secondary N) is 1. The van der Waals surface area contributed by atoms with Gasteiger partial charge < -0.3 is 15.2 Å². The second-order valence-corrected chi connectivity index (χ2v) is 4.17. The third-order valence-electron chi connectivity index (χ3n) is 2.84. The Bertz CT molecular complexity index is 387. The number of nitrogens with zero attached hydrogens (tertiary/aromatic N) is 2. The molecular weight excluding hydrogens is 222 g/mol. The first-order chi connectivity index (χ1) is 8.19. The van der Waals surface area contributed by atoms with Gasteiger partial charge in [0.15, 0.2) is 5.69 Å². The van der Waals surface area contributed by atoms with Crippen LogP contribution >= 0.6 is 0 Å². The number of anilines is 1. The van der Waals surface area contributed by atoms with E-state index < -0.39 is 5.97 Å². The third-order valence-corrected chi connectivity index (χ3v) is 2.84. The Hall–Kier alpha value is -1.69. The van der Waals surface area contributed by atoms with Crippen molar-refractivity contribution < 1.29 is 14.6 Å². The van der Waals surface area contributed by atoms with Crippen molar-refractivity contribution >= 4 is 11.8 Å². The number of rotatable bonds is 4. The molecule has 0 aromatic carbocycles. The molecular formula is C11H15N3O3. The Morgan fingerprint density at radius 2 is 2.29 bits per heavy atom. The van der Waals surface area contributed by atoms with Gasteiger partial charge in [-0.05, 0) is 30.9 Å². The first-order valence-electron chi connectivity index (χ1n) is 5.53. The van der Waals surface area contributed by atoms with Crippen molar-refractivity contribution in [2.45, 2.75) is 18.9 Å². The van der Waals surface area contributed by atoms with Crippen LogP contribution < -0.4 is 5.32 Å². The van der Waals surface area contributed by atoms with Crippen molar-refractivity contribution in [1.29, 1.82) is 0 Å². The quantitative estimate of drug-likeness (QED) is 0.739. The molecule has 0 aliphatic heterocycles. The van der Waals surface area contributed by atoms with E-state index in [0.29, 0.717) is 11.7 Å². The summed E-state index contributed by atoms with van der Waals surface area (Å²) in [6.45, 7) is 0.767. The van der Waals surface area contributed by atoms with Gasteiger partial charge in [-0.3, -0.25) is 0 Å². The number of hydrogen-bond acceptors (Lipinski definition) is 6. The van der Waals surface area contributed by atoms with E-state index in [1.54, 1.807) is 12.1 Å². The summed E-state index contributed by atoms with van der Waals surface area (Å²) in [6, 6.07) is 3.26. The highest BCUT2D eigenvalue weighted by Gasteiger charge is 2.26. The monoisotopic (exact) mass is 237 g/mol. The lowest BCUT2D eigenvalue weighted by Crippen LogP contribution is -2.33. The normalized spacial score (nSPS) is 22.7. The molecule has 0 saturated heterocycles. The fourth-order valence-corrected chi connectivity index (χ4v) is 1.76. The molecule has 1 aromatic rings. The smallest absolute Gasteiger partial charge is 0.358 e. The van der Waals surface area contributed by atoms with Gasteiger partial charge in [0.05, 0.1) is 13.2 Å². The highest BCUT2D eigenvalue weighted by atomic mass is 16.5. The Kier molecular flexibility index (Phi) is 3.53. The molecule has 0 radical (unpaired) electrons. The summed E-state index contributed by atoms with van der Waals surface area (Å²) in [5.41, 5.74) is 0.192. The second-order valence-electron chi connectivity index (χ2n) is 4.17. The maximum absolute atomic E-state index is 11.1. The molecule has 1 aliphatic rings. The Morgan fingerprint density at radius 1 is 1.53 bits per heavy atom. The standard InChI is InChI=1S/C11H15N3O3/c1-17-11(16)9-2-3-10(14-13-9)12-6-7-4-8(15)5-7/h2-3,7-8,15H,4-6H2,1H3,(H,12,14). The number of carbonyl (C=O) groups excluding carboxylic acids is 1. The Morgan fingerprint density at radius 3 is 2.82 bits per heavy atom. The van der Waals surface area contributed by atoms with E-state index in [1.807, 2.05) is 0 Å². The third kappa shape index (κ3) is 2.91. The number of carbonyl (C=O) groups is 1. The maximum Gasteiger partial charge on any atom is 0.358 e. The molecule has 0 spiro atoms. The molecule has 6 nitrogen and oxygen atoms in total. The average Bonchev–Trinajstić information content (AvgIpc) is 2.33. The number of aromatic nitrogens is 2. The SMILES string of the molecule is COC(=O)c1ccc(NCC2CC(O)C2)nn1. The molecule has 0 atom stereocenters. The molecule has 0 bridgehead atoms. The van der Waals surface area contributed by atoms with Gasteiger partial charge in [0, 0.05) is 6.54 Å². The number of aliphatic hydroxyl groups is 1. The molecule has 92 valence electrons. The topological polar surface area (TPSA) is 84.3 Å². The highest BCUT2D eigenvalue weighted by Crippen LogP contribution is 2.26. The van der Waals surface area contributed by atoms with Crippen LogP contribution in [0.1, 0.15) is 23.3 Å². The molecule has 1 heterocycles. The van der Waals surface area contributed by atoms with E-state index >= 15 is 0 Å². The van der Waals surface area contributed by atoms with Gasteiger partial charge in [0.1, 0.15) is 5.82 Å². The van der Waals surface area contributed by atoms with Gasteiger partial charge in [-0.25, -0.2) is 4.79 Å². The molecule has 0 unspecified atom stereocenters. The molecule has 1 aromatic heterocycles. The van der Waals surface area contributed by atoms with Crippen LogP contribution in [-0.4, -0.2) is 41.0 Å². The predicted molar refractivity (Wildman–Crippen MR) is 60.6 cm³/mol. The van der Waals surface area contributed by atoms with Crippen molar-refractivity contribution in [3.05, 3.63) is 17.8 Å². The van der Waals surface area contributed by atoms with Gasteiger partial charge in [0.25, 0.3) is 0 Å². The van der Waals surface area contributed by atoms with Crippen molar-refractivity contribution in [3.63, 3.8) is 0 Å². The lowest BCUT2D eigenvalue weighted by Gasteiger charge is -2.31. The molecule has 6 heteroatoms. The van der Waals surface area contributed by atoms with Crippen LogP contribution in [0.2, 0.25) is 0 Å². The summed E-state index contributed by atoms with van der Waals surface area (Å²) in [5.74, 6) is 0.622. The van der Waals surface area contributed by atoms with Crippen molar-refractivity contribution in [2.75, 3.05) is 19.0 Å². The predicted octanol–water partition coefficient (Wildman–Crippen LogP) is 0.446. The fraction of sp³-hybridized carbons (Fsp3) is 0.545. The summed E-state index contributed by atoms with van der Waals surface area (Å²) < 4.78 is 4.52. The molecule has 0 amide bonds. The second kappa shape index (κ2) is 5.09. The number of ether oxygens (including phenoxy) is 1. The molecule has 2 N–H and O–H groups in total. The molecule has 1 saturated carbocycles. The first kappa shape index (κ1) is 11.8. The molecule has 17 heavy (non-hydrogen) atoms. The first-order valence-corrected chi connectivity index (χ1v) is 5.53. The van der Waals surface area contributed by atoms with Crippen LogP contribution in [0.25, 0.3) is 0 Å². The highest BCUT2D eigenvalue weighted by molar-refractivity contribution is 5.86. The number of aliphatic hydroxyl groups excluding tert-OH is 1. The van der Waals surface area contributed by atoms with E-state index in [-0.39, 0.29) is 11.8 Å². The zero-order chi connectivity index (χ0) is 12.3. The molecule has 2 rings (SSSR count). The van der Waals surface area contributed by atoms with Gasteiger partial charge in [-0.15, -0.1) is 10.2 Å². The lowest BCUT2D eigenvalue weighted by atomic mass is 9.82. The van der Waals surface area contributed by atoms with Crippen molar-refractivity contribution in [2.24, 2.45) is 5.92 Å². The maximum atomic E-state index is 11.1. The van der Waals surface area contributed by atoms with Crippen LogP contribution in [0.3, 0.4) is 0 Å². The number of hydrogen-bond donors (Lipinski definition) is 2. The minimum Gasteiger partial charge on any atom is -0.464 e. The number of esters is 1. The van der Waals surface area contributed by atoms with Gasteiger partial charge in [-0.1, -0.05) is 0 Å². The lowest BCUT2D eigenvalue weighted by molar-refractivity contribution is 0.0486. The van der Waals surface area contributed by atoms with Crippen LogP contribution in [0, 0.1) is 5.92 Å². The van der Waals surface area contributed by atoms with E-state index in [1.165, 1.54) is 7.11 Å². The zero-order valence-electron chi connectivity index (χ0n) is 9.59. The summed E-state index contributed by atoms with van der Waals surface area (Å²) >= 11 is 0. The van der Waals surface area contributed by atoms with Gasteiger partial charge in [-0.2, -0.15) is 0 Å². The zero-order valence-corrected chi connectivity index (χ0v) is 9.59. The number of methoxy groups -OCH3 is 1. The van der Waals surface area contributed by atoms with Crippen LogP contribution in [0.5, 0.6) is 0 Å². The minimum absolute atomic E-state index is 0.144. The molecule has 1 aliphatic carbocycles. The van der Waals surface area contributed by atoms with E-state index in [9.17, 15) is 4.79 Å². The Labute approximate surface area is 99.0 Å². The summed E-state index contributed by atoms with van der Waals surface area (Å²) in [7, 11) is 1.30. The summed E-state index contributed by atoms with van der Waals surface area (Å²) in [6.07, 6.45) is 1.52. The Balaban J connectivity index is 1.83. The van der Waals surface area contributed by atoms with E-state index in [2.05, 4.69) is 20.3 Å². The van der Waals surface area contributed by atoms with Crippen LogP contribution in [0.4, 0.5) is 5.82 Å². The van der Waals surface area contributed by atoms with Crippen LogP contribution in [-0.2, 0) is 4.74 Å². The fourth-order valence-electron chi connectivity index (χ4n) is 1.76. The minimum atomic E-state index is -0.494. The summed E-state index contributed by atoms with van der Waals surface area (Å²) in [5, 5.41) is 19.9. The summed E-state index contributed by atoms with van der Waals surface area (Å²) in [4.78, 5) is 11.1. The average molecular weight is 237 g/mol. The van der Waals surface area contributed by atoms with E-state index in [4.69, 9.17) is 5.11 Å². The van der Waals surface area contributed by atoms with Crippen molar-refractivity contribution in [3.8, 4) is 0 Å². The molecule has 1 fully saturated rings.